The van der Waals surface area contributed by atoms with Crippen molar-refractivity contribution in [3.8, 4) is 0 Å². The summed E-state index contributed by atoms with van der Waals surface area (Å²) >= 11 is 0. The Balaban J connectivity index is 2.23. The molecule has 0 aliphatic heterocycles. The molecule has 7 nitrogen and oxygen atoms in total. The Morgan fingerprint density at radius 1 is 1.47 bits per heavy atom. The number of H-pyrrole nitrogens is 1. The molecule has 88 valence electrons. The van der Waals surface area contributed by atoms with Gasteiger partial charge in [0, 0.05) is 18.7 Å². The molecule has 0 saturated heterocycles. The van der Waals surface area contributed by atoms with Crippen molar-refractivity contribution in [3.63, 3.8) is 0 Å². The Morgan fingerprint density at radius 3 is 2.82 bits per heavy atom. The van der Waals surface area contributed by atoms with Crippen molar-refractivity contribution in [2.24, 2.45) is 7.05 Å². The molecule has 0 spiro atoms. The van der Waals surface area contributed by atoms with Crippen molar-refractivity contribution in [2.45, 2.75) is 6.92 Å². The lowest BCUT2D eigenvalue weighted by atomic mass is 10.3. The number of nitrogens with zero attached hydrogens (tertiary/aromatic N) is 3. The number of carbonyl (C=O) groups excluding carboxylic acids is 1. The summed E-state index contributed by atoms with van der Waals surface area (Å²) in [4.78, 5) is 22.9. The van der Waals surface area contributed by atoms with E-state index >= 15 is 0 Å². The first-order valence-corrected chi connectivity index (χ1v) is 4.93. The highest BCUT2D eigenvalue weighted by Crippen LogP contribution is 2.09. The molecule has 0 aliphatic rings. The van der Waals surface area contributed by atoms with Crippen molar-refractivity contribution in [1.29, 1.82) is 0 Å². The molecule has 0 saturated carbocycles. The van der Waals surface area contributed by atoms with E-state index in [9.17, 15) is 9.59 Å². The lowest BCUT2D eigenvalue weighted by Crippen LogP contribution is -2.23. The van der Waals surface area contributed by atoms with Crippen molar-refractivity contribution in [2.75, 3.05) is 5.32 Å². The molecule has 0 bridgehead atoms. The third kappa shape index (κ3) is 2.22. The summed E-state index contributed by atoms with van der Waals surface area (Å²) in [5.74, 6) is 0.124. The van der Waals surface area contributed by atoms with Gasteiger partial charge >= 0.3 is 0 Å². The predicted molar refractivity (Wildman–Crippen MR) is 60.8 cm³/mol. The lowest BCUT2D eigenvalue weighted by molar-refractivity contribution is 0.101. The minimum Gasteiger partial charge on any atom is -0.305 e. The first kappa shape index (κ1) is 11.1. The summed E-state index contributed by atoms with van der Waals surface area (Å²) in [7, 11) is 1.49. The van der Waals surface area contributed by atoms with Crippen LogP contribution in [0.4, 0.5) is 5.82 Å². The third-order valence-corrected chi connectivity index (χ3v) is 2.26. The van der Waals surface area contributed by atoms with E-state index in [-0.39, 0.29) is 11.3 Å². The van der Waals surface area contributed by atoms with Gasteiger partial charge in [0.25, 0.3) is 11.5 Å². The van der Waals surface area contributed by atoms with E-state index in [1.165, 1.54) is 19.2 Å². The zero-order valence-corrected chi connectivity index (χ0v) is 9.39. The molecule has 0 atom stereocenters. The van der Waals surface area contributed by atoms with Gasteiger partial charge in [-0.25, -0.2) is 4.68 Å². The van der Waals surface area contributed by atoms with Gasteiger partial charge in [-0.1, -0.05) is 0 Å². The van der Waals surface area contributed by atoms with Gasteiger partial charge in [0.2, 0.25) is 0 Å². The number of nitrogens with one attached hydrogen (secondary N) is 2. The highest BCUT2D eigenvalue weighted by Gasteiger charge is 2.10. The second-order valence-electron chi connectivity index (χ2n) is 3.56. The Labute approximate surface area is 96.5 Å². The Kier molecular flexibility index (Phi) is 2.73. The number of aromatic amines is 1. The van der Waals surface area contributed by atoms with Crippen LogP contribution < -0.4 is 10.9 Å². The van der Waals surface area contributed by atoms with Crippen LogP contribution in [0, 0.1) is 6.92 Å². The maximum Gasteiger partial charge on any atom is 0.277 e. The summed E-state index contributed by atoms with van der Waals surface area (Å²) in [6, 6.07) is 2.67. The summed E-state index contributed by atoms with van der Waals surface area (Å²) in [6.07, 6.45) is 1.60. The number of hydrogen-bond donors (Lipinski definition) is 2. The monoisotopic (exact) mass is 233 g/mol. The first-order chi connectivity index (χ1) is 8.08. The number of aryl methyl sites for hydroxylation is 2. The van der Waals surface area contributed by atoms with Crippen molar-refractivity contribution in [3.05, 3.63) is 39.9 Å². The van der Waals surface area contributed by atoms with Gasteiger partial charge in [0.05, 0.1) is 6.20 Å². The molecular formula is C10H11N5O2. The Hall–Kier alpha value is -2.44. The van der Waals surface area contributed by atoms with Gasteiger partial charge < -0.3 is 5.32 Å². The molecule has 2 aromatic heterocycles. The SMILES string of the molecule is Cc1cn[nH]c1NC(=O)c1ccc(=O)n(C)n1. The highest BCUT2D eigenvalue weighted by molar-refractivity contribution is 6.02. The van der Waals surface area contributed by atoms with Crippen LogP contribution in [0.3, 0.4) is 0 Å². The average molecular weight is 233 g/mol. The van der Waals surface area contributed by atoms with Gasteiger partial charge in [0.15, 0.2) is 0 Å². The van der Waals surface area contributed by atoms with Gasteiger partial charge in [-0.05, 0) is 13.0 Å². The predicted octanol–water partition coefficient (Wildman–Crippen LogP) is 0.0641. The fourth-order valence-electron chi connectivity index (χ4n) is 1.27. The molecule has 2 aromatic rings. The molecule has 2 N–H and O–H groups in total. The second-order valence-corrected chi connectivity index (χ2v) is 3.56. The van der Waals surface area contributed by atoms with E-state index < -0.39 is 5.91 Å². The average Bonchev–Trinajstić information content (AvgIpc) is 2.68. The smallest absolute Gasteiger partial charge is 0.277 e. The maximum absolute atomic E-state index is 11.8. The second kappa shape index (κ2) is 4.20. The van der Waals surface area contributed by atoms with Crippen LogP contribution in [0.2, 0.25) is 0 Å². The summed E-state index contributed by atoms with van der Waals surface area (Å²) in [6.45, 7) is 1.81. The van der Waals surface area contributed by atoms with E-state index in [1.54, 1.807) is 6.20 Å². The molecule has 1 amide bonds. The quantitative estimate of drug-likeness (QED) is 0.767. The number of rotatable bonds is 2. The number of aromatic nitrogens is 4. The fraction of sp³-hybridized carbons (Fsp3) is 0.200. The summed E-state index contributed by atoms with van der Waals surface area (Å²) < 4.78 is 1.11. The number of carbonyl (C=O) groups is 1. The fourth-order valence-corrected chi connectivity index (χ4v) is 1.27. The van der Waals surface area contributed by atoms with E-state index in [1.807, 2.05) is 6.92 Å². The van der Waals surface area contributed by atoms with Crippen LogP contribution >= 0.6 is 0 Å². The molecule has 7 heteroatoms. The Bertz CT molecular complexity index is 613. The highest BCUT2D eigenvalue weighted by atomic mass is 16.2. The Morgan fingerprint density at radius 2 is 2.24 bits per heavy atom. The van der Waals surface area contributed by atoms with E-state index in [0.717, 1.165) is 10.2 Å². The molecule has 0 radical (unpaired) electrons. The molecule has 2 heterocycles. The molecule has 0 unspecified atom stereocenters. The standard InChI is InChI=1S/C10H11N5O2/c1-6-5-11-13-9(6)12-10(17)7-3-4-8(16)15(2)14-7/h3-5H,1-2H3,(H2,11,12,13,17). The molecular weight excluding hydrogens is 222 g/mol. The van der Waals surface area contributed by atoms with Crippen molar-refractivity contribution in [1.82, 2.24) is 20.0 Å². The van der Waals surface area contributed by atoms with Crippen LogP contribution in [-0.4, -0.2) is 25.9 Å². The molecule has 0 fully saturated rings. The number of hydrogen-bond acceptors (Lipinski definition) is 4. The molecule has 0 aliphatic carbocycles. The largest absolute Gasteiger partial charge is 0.305 e. The minimum absolute atomic E-state index is 0.168. The molecule has 17 heavy (non-hydrogen) atoms. The van der Waals surface area contributed by atoms with Crippen LogP contribution in [0.15, 0.2) is 23.1 Å². The summed E-state index contributed by atoms with van der Waals surface area (Å²) in [5, 5.41) is 12.9. The number of amides is 1. The topological polar surface area (TPSA) is 92.7 Å². The van der Waals surface area contributed by atoms with Crippen LogP contribution in [0.25, 0.3) is 0 Å². The van der Waals surface area contributed by atoms with Gasteiger partial charge in [-0.3, -0.25) is 14.7 Å². The minimum atomic E-state index is -0.395. The van der Waals surface area contributed by atoms with E-state index in [4.69, 9.17) is 0 Å². The first-order valence-electron chi connectivity index (χ1n) is 4.93. The molecule has 2 rings (SSSR count). The lowest BCUT2D eigenvalue weighted by Gasteiger charge is -2.03. The van der Waals surface area contributed by atoms with Gasteiger partial charge in [-0.15, -0.1) is 0 Å². The zero-order chi connectivity index (χ0) is 12.4. The maximum atomic E-state index is 11.8. The normalized spacial score (nSPS) is 10.2. The molecule has 0 aromatic carbocycles. The zero-order valence-electron chi connectivity index (χ0n) is 9.39. The van der Waals surface area contributed by atoms with Gasteiger partial charge in [0.1, 0.15) is 11.5 Å². The summed E-state index contributed by atoms with van der Waals surface area (Å²) in [5.41, 5.74) is 0.726. The van der Waals surface area contributed by atoms with E-state index in [0.29, 0.717) is 5.82 Å². The van der Waals surface area contributed by atoms with Crippen LogP contribution in [-0.2, 0) is 7.05 Å². The van der Waals surface area contributed by atoms with Crippen molar-refractivity contribution >= 4 is 11.7 Å². The van der Waals surface area contributed by atoms with Crippen LogP contribution in [0.5, 0.6) is 0 Å². The van der Waals surface area contributed by atoms with Gasteiger partial charge in [-0.2, -0.15) is 10.2 Å². The van der Waals surface area contributed by atoms with Crippen LogP contribution in [0.1, 0.15) is 16.1 Å². The third-order valence-electron chi connectivity index (χ3n) is 2.26. The van der Waals surface area contributed by atoms with E-state index in [2.05, 4.69) is 20.6 Å². The van der Waals surface area contributed by atoms with Crippen molar-refractivity contribution < 1.29 is 4.79 Å². The number of anilines is 1.